The van der Waals surface area contributed by atoms with Crippen LogP contribution in [0, 0.1) is 0 Å². The molecule has 2 amide bonds. The summed E-state index contributed by atoms with van der Waals surface area (Å²) in [7, 11) is 0. The van der Waals surface area contributed by atoms with E-state index in [0.717, 1.165) is 5.56 Å². The van der Waals surface area contributed by atoms with Crippen molar-refractivity contribution in [1.29, 1.82) is 0 Å². The maximum Gasteiger partial charge on any atom is 0.408 e. The minimum absolute atomic E-state index is 0.141. The summed E-state index contributed by atoms with van der Waals surface area (Å²) in [5.74, 6) is -1.61. The predicted octanol–water partition coefficient (Wildman–Crippen LogP) is 1.34. The number of hydrogen-bond acceptors (Lipinski definition) is 5. The van der Waals surface area contributed by atoms with E-state index in [1.54, 1.807) is 39.0 Å². The molecule has 1 saturated heterocycles. The van der Waals surface area contributed by atoms with Gasteiger partial charge >= 0.3 is 12.1 Å². The van der Waals surface area contributed by atoms with Crippen molar-refractivity contribution < 1.29 is 24.2 Å². The van der Waals surface area contributed by atoms with E-state index in [1.807, 2.05) is 11.0 Å². The van der Waals surface area contributed by atoms with Crippen LogP contribution in [0.3, 0.4) is 0 Å². The Kier molecular flexibility index (Phi) is 5.56. The second kappa shape index (κ2) is 7.33. The third-order valence-electron chi connectivity index (χ3n) is 4.12. The Labute approximate surface area is 152 Å². The minimum atomic E-state index is -1.40. The van der Waals surface area contributed by atoms with E-state index in [9.17, 15) is 19.5 Å². The number of hydrogen-bond donors (Lipinski definition) is 3. The number of likely N-dealkylation sites (tertiary alicyclic amines) is 1. The van der Waals surface area contributed by atoms with Crippen molar-refractivity contribution in [1.82, 2.24) is 10.2 Å². The molecule has 2 rings (SSSR count). The highest BCUT2D eigenvalue weighted by Crippen LogP contribution is 2.24. The molecule has 1 aromatic carbocycles. The van der Waals surface area contributed by atoms with Gasteiger partial charge in [-0.1, -0.05) is 12.1 Å². The van der Waals surface area contributed by atoms with Crippen LogP contribution < -0.4 is 11.1 Å². The van der Waals surface area contributed by atoms with Crippen LogP contribution in [0.15, 0.2) is 24.3 Å². The fourth-order valence-corrected chi connectivity index (χ4v) is 2.93. The number of carboxylic acid groups (broad SMARTS) is 1. The van der Waals surface area contributed by atoms with Gasteiger partial charge in [-0.15, -0.1) is 0 Å². The van der Waals surface area contributed by atoms with Crippen LogP contribution >= 0.6 is 0 Å². The minimum Gasteiger partial charge on any atom is -0.479 e. The number of nitrogens with zero attached hydrogens (tertiary/aromatic N) is 1. The molecule has 142 valence electrons. The van der Waals surface area contributed by atoms with Gasteiger partial charge in [0.2, 0.25) is 5.91 Å². The van der Waals surface area contributed by atoms with Gasteiger partial charge in [0.1, 0.15) is 5.60 Å². The second-order valence-electron chi connectivity index (χ2n) is 7.54. The fraction of sp³-hybridized carbons (Fsp3) is 0.500. The Morgan fingerprint density at radius 1 is 1.35 bits per heavy atom. The number of amides is 2. The number of aliphatic carboxylic acids is 1. The number of benzene rings is 1. The molecule has 0 aromatic heterocycles. The van der Waals surface area contributed by atoms with Gasteiger partial charge in [0.15, 0.2) is 5.54 Å². The molecular weight excluding hydrogens is 338 g/mol. The summed E-state index contributed by atoms with van der Waals surface area (Å²) in [5.41, 5.74) is 4.42. The zero-order chi connectivity index (χ0) is 19.5. The standard InChI is InChI=1S/C18H25N3O5/c1-17(2,3)26-16(25)20-18(15(23)24)7-8-21(11-18)10-12-5-4-6-13(9-12)14(19)22/h4-6,9H,7-8,10-11H2,1-3H3,(H2,19,22)(H,20,25)(H,23,24). The zero-order valence-corrected chi connectivity index (χ0v) is 15.2. The van der Waals surface area contributed by atoms with Crippen LogP contribution in [0.2, 0.25) is 0 Å². The Morgan fingerprint density at radius 3 is 2.62 bits per heavy atom. The molecule has 0 bridgehead atoms. The molecule has 0 aliphatic carbocycles. The van der Waals surface area contributed by atoms with Crippen molar-refractivity contribution in [3.63, 3.8) is 0 Å². The van der Waals surface area contributed by atoms with E-state index in [0.29, 0.717) is 18.7 Å². The molecular formula is C18H25N3O5. The first-order valence-electron chi connectivity index (χ1n) is 8.36. The van der Waals surface area contributed by atoms with Crippen LogP contribution in [0.5, 0.6) is 0 Å². The van der Waals surface area contributed by atoms with Crippen LogP contribution in [0.25, 0.3) is 0 Å². The molecule has 1 aliphatic rings. The third-order valence-corrected chi connectivity index (χ3v) is 4.12. The lowest BCUT2D eigenvalue weighted by Crippen LogP contribution is -2.57. The van der Waals surface area contributed by atoms with Crippen molar-refractivity contribution in [3.8, 4) is 0 Å². The number of nitrogens with one attached hydrogen (secondary N) is 1. The largest absolute Gasteiger partial charge is 0.479 e. The Morgan fingerprint density at radius 2 is 2.04 bits per heavy atom. The molecule has 1 atom stereocenters. The highest BCUT2D eigenvalue weighted by atomic mass is 16.6. The van der Waals surface area contributed by atoms with E-state index >= 15 is 0 Å². The smallest absolute Gasteiger partial charge is 0.408 e. The maximum atomic E-state index is 12.0. The van der Waals surface area contributed by atoms with Gasteiger partial charge in [-0.3, -0.25) is 9.69 Å². The van der Waals surface area contributed by atoms with Crippen LogP contribution in [0.1, 0.15) is 43.1 Å². The maximum absolute atomic E-state index is 12.0. The third kappa shape index (κ3) is 4.95. The highest BCUT2D eigenvalue weighted by Gasteiger charge is 2.46. The van der Waals surface area contributed by atoms with E-state index in [1.165, 1.54) is 0 Å². The van der Waals surface area contributed by atoms with Crippen molar-refractivity contribution >= 4 is 18.0 Å². The molecule has 1 aliphatic heterocycles. The van der Waals surface area contributed by atoms with Gasteiger partial charge < -0.3 is 20.9 Å². The quantitative estimate of drug-likeness (QED) is 0.726. The average Bonchev–Trinajstić information content (AvgIpc) is 2.89. The van der Waals surface area contributed by atoms with Crippen molar-refractivity contribution in [2.75, 3.05) is 13.1 Å². The molecule has 1 heterocycles. The molecule has 26 heavy (non-hydrogen) atoms. The highest BCUT2D eigenvalue weighted by molar-refractivity contribution is 5.92. The van der Waals surface area contributed by atoms with E-state index in [4.69, 9.17) is 10.5 Å². The first-order chi connectivity index (χ1) is 12.0. The number of carbonyl (C=O) groups excluding carboxylic acids is 2. The SMILES string of the molecule is CC(C)(C)OC(=O)NC1(C(=O)O)CCN(Cc2cccc(C(N)=O)c2)C1. The number of carboxylic acids is 1. The van der Waals surface area contributed by atoms with Gasteiger partial charge in [0, 0.05) is 25.2 Å². The molecule has 1 unspecified atom stereocenters. The zero-order valence-electron chi connectivity index (χ0n) is 15.2. The van der Waals surface area contributed by atoms with Crippen LogP contribution in [0.4, 0.5) is 4.79 Å². The molecule has 0 radical (unpaired) electrons. The normalized spacial score (nSPS) is 20.6. The summed E-state index contributed by atoms with van der Waals surface area (Å²) in [6.45, 7) is 6.23. The number of ether oxygens (including phenoxy) is 1. The average molecular weight is 363 g/mol. The number of nitrogens with two attached hydrogens (primary N) is 1. The summed E-state index contributed by atoms with van der Waals surface area (Å²) in [4.78, 5) is 37.0. The molecule has 1 aromatic rings. The Bertz CT molecular complexity index is 713. The Hall–Kier alpha value is -2.61. The van der Waals surface area contributed by atoms with Crippen molar-refractivity contribution in [3.05, 3.63) is 35.4 Å². The van der Waals surface area contributed by atoms with Crippen molar-refractivity contribution in [2.45, 2.75) is 44.9 Å². The van der Waals surface area contributed by atoms with Crippen LogP contribution in [-0.4, -0.2) is 52.2 Å². The first kappa shape index (κ1) is 19.7. The lowest BCUT2D eigenvalue weighted by atomic mass is 9.99. The number of rotatable bonds is 5. The summed E-state index contributed by atoms with van der Waals surface area (Å²) >= 11 is 0. The van der Waals surface area contributed by atoms with Crippen LogP contribution in [-0.2, 0) is 16.1 Å². The molecule has 0 spiro atoms. The first-order valence-corrected chi connectivity index (χ1v) is 8.36. The second-order valence-corrected chi connectivity index (χ2v) is 7.54. The van der Waals surface area contributed by atoms with Gasteiger partial charge in [-0.25, -0.2) is 9.59 Å². The molecule has 8 heteroatoms. The number of primary amides is 1. The summed E-state index contributed by atoms with van der Waals surface area (Å²) in [6, 6.07) is 6.88. The van der Waals surface area contributed by atoms with E-state index in [-0.39, 0.29) is 13.0 Å². The fourth-order valence-electron chi connectivity index (χ4n) is 2.93. The van der Waals surface area contributed by atoms with Gasteiger partial charge in [-0.05, 0) is 44.9 Å². The van der Waals surface area contributed by atoms with Gasteiger partial charge in [-0.2, -0.15) is 0 Å². The topological polar surface area (TPSA) is 122 Å². The van der Waals surface area contributed by atoms with E-state index < -0.39 is 29.1 Å². The van der Waals surface area contributed by atoms with Crippen molar-refractivity contribution in [2.24, 2.45) is 5.73 Å². The summed E-state index contributed by atoms with van der Waals surface area (Å²) in [5, 5.41) is 12.2. The molecule has 8 nitrogen and oxygen atoms in total. The Balaban J connectivity index is 2.07. The number of carbonyl (C=O) groups is 3. The molecule has 0 saturated carbocycles. The predicted molar refractivity (Wildman–Crippen MR) is 94.6 cm³/mol. The summed E-state index contributed by atoms with van der Waals surface area (Å²) < 4.78 is 5.19. The monoisotopic (exact) mass is 363 g/mol. The lowest BCUT2D eigenvalue weighted by Gasteiger charge is -2.28. The number of alkyl carbamates (subject to hydrolysis) is 1. The lowest BCUT2D eigenvalue weighted by molar-refractivity contribution is -0.144. The van der Waals surface area contributed by atoms with E-state index in [2.05, 4.69) is 5.32 Å². The van der Waals surface area contributed by atoms with Gasteiger partial charge in [0.05, 0.1) is 0 Å². The van der Waals surface area contributed by atoms with Gasteiger partial charge in [0.25, 0.3) is 0 Å². The summed E-state index contributed by atoms with van der Waals surface area (Å²) in [6.07, 6.45) is -0.491. The molecule has 4 N–H and O–H groups in total. The molecule has 1 fully saturated rings.